The first-order valence-corrected chi connectivity index (χ1v) is 7.59. The van der Waals surface area contributed by atoms with E-state index in [9.17, 15) is 4.79 Å². The van der Waals surface area contributed by atoms with E-state index in [4.69, 9.17) is 4.74 Å². The lowest BCUT2D eigenvalue weighted by Crippen LogP contribution is -2.47. The number of pyridine rings is 1. The van der Waals surface area contributed by atoms with E-state index in [2.05, 4.69) is 15.6 Å². The molecule has 2 rings (SSSR count). The van der Waals surface area contributed by atoms with Gasteiger partial charge in [-0.3, -0.25) is 9.78 Å². The van der Waals surface area contributed by atoms with Gasteiger partial charge in [0.25, 0.3) is 0 Å². The van der Waals surface area contributed by atoms with Crippen molar-refractivity contribution in [3.8, 4) is 0 Å². The van der Waals surface area contributed by atoms with Crippen LogP contribution >= 0.6 is 0 Å². The summed E-state index contributed by atoms with van der Waals surface area (Å²) in [5, 5.41) is 6.44. The standard InChI is InChI=1S/C16H25N3O2/c1-21-13-16(6-10-18-11-7-16)12-19-15(20)3-2-14-4-8-17-9-5-14/h4-5,8-9,18H,2-3,6-7,10-13H2,1H3,(H,19,20). The predicted molar refractivity (Wildman–Crippen MR) is 82.0 cm³/mol. The molecular weight excluding hydrogens is 266 g/mol. The second-order valence-corrected chi connectivity index (χ2v) is 5.82. The van der Waals surface area contributed by atoms with Crippen LogP contribution < -0.4 is 10.6 Å². The highest BCUT2D eigenvalue weighted by Gasteiger charge is 2.32. The average molecular weight is 291 g/mol. The second kappa shape index (κ2) is 8.10. The minimum atomic E-state index is 0.0896. The van der Waals surface area contributed by atoms with Gasteiger partial charge < -0.3 is 15.4 Å². The van der Waals surface area contributed by atoms with E-state index in [0.717, 1.165) is 37.9 Å². The number of aromatic nitrogens is 1. The molecule has 1 fully saturated rings. The van der Waals surface area contributed by atoms with Gasteiger partial charge >= 0.3 is 0 Å². The lowest BCUT2D eigenvalue weighted by Gasteiger charge is -2.37. The number of rotatable bonds is 7. The van der Waals surface area contributed by atoms with Crippen molar-refractivity contribution in [2.24, 2.45) is 5.41 Å². The zero-order chi connectivity index (χ0) is 15.0. The number of hydrogen-bond donors (Lipinski definition) is 2. The Morgan fingerprint density at radius 2 is 2.10 bits per heavy atom. The molecule has 0 aliphatic carbocycles. The Kier molecular flexibility index (Phi) is 6.14. The summed E-state index contributed by atoms with van der Waals surface area (Å²) in [6.07, 6.45) is 6.89. The van der Waals surface area contributed by atoms with E-state index < -0.39 is 0 Å². The lowest BCUT2D eigenvalue weighted by molar-refractivity contribution is -0.122. The minimum absolute atomic E-state index is 0.0896. The van der Waals surface area contributed by atoms with Crippen LogP contribution in [0.1, 0.15) is 24.8 Å². The van der Waals surface area contributed by atoms with E-state index >= 15 is 0 Å². The summed E-state index contributed by atoms with van der Waals surface area (Å²) in [5.74, 6) is 0.112. The average Bonchev–Trinajstić information content (AvgIpc) is 2.53. The molecule has 116 valence electrons. The van der Waals surface area contributed by atoms with E-state index in [-0.39, 0.29) is 11.3 Å². The Morgan fingerprint density at radius 3 is 2.76 bits per heavy atom. The number of carbonyl (C=O) groups excluding carboxylic acids is 1. The molecule has 1 amide bonds. The summed E-state index contributed by atoms with van der Waals surface area (Å²) in [4.78, 5) is 16.0. The summed E-state index contributed by atoms with van der Waals surface area (Å²) < 4.78 is 5.36. The summed E-state index contributed by atoms with van der Waals surface area (Å²) in [7, 11) is 1.73. The first kappa shape index (κ1) is 15.9. The van der Waals surface area contributed by atoms with Gasteiger partial charge in [0, 0.05) is 37.9 Å². The molecule has 0 aromatic carbocycles. The maximum absolute atomic E-state index is 12.0. The molecule has 0 unspecified atom stereocenters. The van der Waals surface area contributed by atoms with Crippen molar-refractivity contribution in [1.82, 2.24) is 15.6 Å². The normalized spacial score (nSPS) is 17.4. The van der Waals surface area contributed by atoms with Crippen molar-refractivity contribution < 1.29 is 9.53 Å². The van der Waals surface area contributed by atoms with Gasteiger partial charge in [0.1, 0.15) is 0 Å². The number of methoxy groups -OCH3 is 1. The molecule has 21 heavy (non-hydrogen) atoms. The molecule has 2 heterocycles. The number of nitrogens with zero attached hydrogens (tertiary/aromatic N) is 1. The molecule has 1 aromatic heterocycles. The molecular formula is C16H25N3O2. The van der Waals surface area contributed by atoms with Crippen molar-refractivity contribution in [3.05, 3.63) is 30.1 Å². The van der Waals surface area contributed by atoms with Crippen LogP contribution in [0.5, 0.6) is 0 Å². The Morgan fingerprint density at radius 1 is 1.38 bits per heavy atom. The fourth-order valence-electron chi connectivity index (χ4n) is 2.82. The Labute approximate surface area is 126 Å². The minimum Gasteiger partial charge on any atom is -0.384 e. The topological polar surface area (TPSA) is 63.2 Å². The van der Waals surface area contributed by atoms with Crippen LogP contribution in [0.4, 0.5) is 0 Å². The van der Waals surface area contributed by atoms with Gasteiger partial charge in [-0.1, -0.05) is 0 Å². The molecule has 1 aliphatic heterocycles. The fourth-order valence-corrected chi connectivity index (χ4v) is 2.82. The van der Waals surface area contributed by atoms with Crippen LogP contribution in [0.2, 0.25) is 0 Å². The molecule has 0 saturated carbocycles. The summed E-state index contributed by atoms with van der Waals surface area (Å²) in [5.41, 5.74) is 1.24. The van der Waals surface area contributed by atoms with E-state index in [1.54, 1.807) is 19.5 Å². The monoisotopic (exact) mass is 291 g/mol. The number of carbonyl (C=O) groups is 1. The molecule has 1 saturated heterocycles. The van der Waals surface area contributed by atoms with E-state index in [1.807, 2.05) is 12.1 Å². The third kappa shape index (κ3) is 5.10. The number of aryl methyl sites for hydroxylation is 1. The summed E-state index contributed by atoms with van der Waals surface area (Å²) in [6, 6.07) is 3.90. The second-order valence-electron chi connectivity index (χ2n) is 5.82. The molecule has 5 heteroatoms. The van der Waals surface area contributed by atoms with Gasteiger partial charge in [0.05, 0.1) is 6.61 Å². The molecule has 5 nitrogen and oxygen atoms in total. The molecule has 0 spiro atoms. The summed E-state index contributed by atoms with van der Waals surface area (Å²) >= 11 is 0. The van der Waals surface area contributed by atoms with Crippen molar-refractivity contribution in [2.45, 2.75) is 25.7 Å². The smallest absolute Gasteiger partial charge is 0.220 e. The van der Waals surface area contributed by atoms with Gasteiger partial charge in [0.15, 0.2) is 0 Å². The van der Waals surface area contributed by atoms with Gasteiger partial charge in [-0.05, 0) is 50.0 Å². The molecule has 0 bridgehead atoms. The lowest BCUT2D eigenvalue weighted by atomic mass is 9.79. The fraction of sp³-hybridized carbons (Fsp3) is 0.625. The largest absolute Gasteiger partial charge is 0.384 e. The van der Waals surface area contributed by atoms with Gasteiger partial charge in [-0.15, -0.1) is 0 Å². The van der Waals surface area contributed by atoms with Gasteiger partial charge in [-0.25, -0.2) is 0 Å². The van der Waals surface area contributed by atoms with Crippen LogP contribution in [-0.4, -0.2) is 44.2 Å². The number of ether oxygens (including phenoxy) is 1. The van der Waals surface area contributed by atoms with Crippen molar-refractivity contribution in [1.29, 1.82) is 0 Å². The van der Waals surface area contributed by atoms with E-state index in [0.29, 0.717) is 19.6 Å². The third-order valence-electron chi connectivity index (χ3n) is 4.17. The number of hydrogen-bond acceptors (Lipinski definition) is 4. The van der Waals surface area contributed by atoms with Crippen LogP contribution in [0.15, 0.2) is 24.5 Å². The van der Waals surface area contributed by atoms with Crippen LogP contribution in [0.25, 0.3) is 0 Å². The van der Waals surface area contributed by atoms with E-state index in [1.165, 1.54) is 0 Å². The molecule has 1 aliphatic rings. The maximum Gasteiger partial charge on any atom is 0.220 e. The zero-order valence-electron chi connectivity index (χ0n) is 12.7. The van der Waals surface area contributed by atoms with Gasteiger partial charge in [0.2, 0.25) is 5.91 Å². The number of nitrogens with one attached hydrogen (secondary N) is 2. The van der Waals surface area contributed by atoms with Crippen molar-refractivity contribution in [3.63, 3.8) is 0 Å². The highest BCUT2D eigenvalue weighted by atomic mass is 16.5. The Bertz CT molecular complexity index is 425. The first-order valence-electron chi connectivity index (χ1n) is 7.59. The number of piperidine rings is 1. The Hall–Kier alpha value is -1.46. The summed E-state index contributed by atoms with van der Waals surface area (Å²) in [6.45, 7) is 3.41. The Balaban J connectivity index is 1.76. The third-order valence-corrected chi connectivity index (χ3v) is 4.17. The highest BCUT2D eigenvalue weighted by molar-refractivity contribution is 5.76. The first-order chi connectivity index (χ1) is 10.2. The highest BCUT2D eigenvalue weighted by Crippen LogP contribution is 2.28. The van der Waals surface area contributed by atoms with Crippen molar-refractivity contribution in [2.75, 3.05) is 33.4 Å². The zero-order valence-corrected chi connectivity index (χ0v) is 12.7. The number of amides is 1. The molecule has 0 radical (unpaired) electrons. The molecule has 0 atom stereocenters. The SMILES string of the molecule is COCC1(CNC(=O)CCc2ccncc2)CCNCC1. The predicted octanol–water partition coefficient (Wildman–Crippen LogP) is 1.15. The van der Waals surface area contributed by atoms with Crippen LogP contribution in [-0.2, 0) is 16.0 Å². The van der Waals surface area contributed by atoms with Gasteiger partial charge in [-0.2, -0.15) is 0 Å². The van der Waals surface area contributed by atoms with Crippen molar-refractivity contribution >= 4 is 5.91 Å². The van der Waals surface area contributed by atoms with Crippen LogP contribution in [0.3, 0.4) is 0 Å². The quantitative estimate of drug-likeness (QED) is 0.791. The maximum atomic E-state index is 12.0. The van der Waals surface area contributed by atoms with Crippen LogP contribution in [0, 0.1) is 5.41 Å². The molecule has 1 aromatic rings. The molecule has 2 N–H and O–H groups in total.